The van der Waals surface area contributed by atoms with Crippen molar-refractivity contribution >= 4 is 47.8 Å². The molecule has 5 rings (SSSR count). The molecule has 10 N–H and O–H groups in total. The fraction of sp³-hybridized carbons (Fsp3) is 0.571. The van der Waals surface area contributed by atoms with Crippen molar-refractivity contribution in [2.45, 2.75) is 49.1 Å². The van der Waals surface area contributed by atoms with Crippen LogP contribution >= 0.6 is 30.8 Å². The second-order valence-electron chi connectivity index (χ2n) is 11.0. The van der Waals surface area contributed by atoms with Crippen molar-refractivity contribution in [3.05, 3.63) is 45.8 Å². The van der Waals surface area contributed by atoms with E-state index in [0.29, 0.717) is 0 Å². The lowest BCUT2D eigenvalue weighted by Crippen LogP contribution is -2.38. The summed E-state index contributed by atoms with van der Waals surface area (Å²) in [6.45, 7) is -2.02. The minimum Gasteiger partial charge on any atom is -0.387 e. The third kappa shape index (κ3) is 9.36. The van der Waals surface area contributed by atoms with Gasteiger partial charge in [-0.05, 0) is 0 Å². The van der Waals surface area contributed by atoms with Crippen LogP contribution in [0.1, 0.15) is 12.5 Å². The first-order chi connectivity index (χ1) is 24.1. The minimum absolute atomic E-state index is 0.0436. The molecule has 0 aliphatic carbocycles. The zero-order valence-corrected chi connectivity index (χ0v) is 29.7. The first-order valence-corrected chi connectivity index (χ1v) is 20.8. The smallest absolute Gasteiger partial charge is 0.387 e. The lowest BCUT2D eigenvalue weighted by molar-refractivity contribution is -0.0609. The van der Waals surface area contributed by atoms with Crippen molar-refractivity contribution in [3.63, 3.8) is 0 Å². The quantitative estimate of drug-likeness (QED) is 0.0712. The Bertz CT molecular complexity index is 2090. The standard InChI is InChI=1S/C21H31N7O20P4/c1-42-16-15(47-52(40,41)44-4-9-13(30)14(31)19(45-9)27-3-2-11(29)26-21(27)32)10(5-43-49(33,34)8-50(35,36)48-51(37,38)39)46-20(16)28-7-25-12-17(22)23-6-24-18(12)28/h2-3,6-7,9-10,13-16,19-20,30-31H,4-5,8H2,1H3,(H,33,34)(H,35,36)(H,40,41)(H2,22,23,24)(H,26,29,32)(H2,37,38,39)/t9-,10-,13-,14-,15-,16-,19-,20-/m1/s1. The molecule has 290 valence electrons. The van der Waals surface area contributed by atoms with Gasteiger partial charge in [0.2, 0.25) is 0 Å². The fourth-order valence-electron chi connectivity index (χ4n) is 5.23. The third-order valence-electron chi connectivity index (χ3n) is 7.37. The predicted octanol–water partition coefficient (Wildman–Crippen LogP) is -2.55. The predicted molar refractivity (Wildman–Crippen MR) is 166 cm³/mol. The number of aliphatic hydroxyl groups is 2. The number of aliphatic hydroxyl groups excluding tert-OH is 2. The Hall–Kier alpha value is -2.61. The average molecular weight is 825 g/mol. The number of ether oxygens (including phenoxy) is 3. The van der Waals surface area contributed by atoms with Crippen molar-refractivity contribution in [2.24, 2.45) is 0 Å². The molecule has 27 nitrogen and oxygen atoms in total. The van der Waals surface area contributed by atoms with Gasteiger partial charge in [0.05, 0.1) is 19.5 Å². The number of aromatic nitrogens is 6. The summed E-state index contributed by atoms with van der Waals surface area (Å²) in [6.07, 6.45) is -9.72. The van der Waals surface area contributed by atoms with E-state index in [1.807, 2.05) is 4.98 Å². The first kappa shape index (κ1) is 40.6. The van der Waals surface area contributed by atoms with Gasteiger partial charge in [0.15, 0.2) is 29.8 Å². The highest BCUT2D eigenvalue weighted by atomic mass is 31.3. The fourth-order valence-corrected chi connectivity index (χ4v) is 10.7. The van der Waals surface area contributed by atoms with Gasteiger partial charge >= 0.3 is 36.5 Å². The normalized spacial score (nSPS) is 30.2. The summed E-state index contributed by atoms with van der Waals surface area (Å²) in [5.41, 5.74) is 4.25. The van der Waals surface area contributed by atoms with E-state index < -0.39 is 110 Å². The molecule has 3 aromatic heterocycles. The molecule has 0 aromatic carbocycles. The Morgan fingerprint density at radius 2 is 1.56 bits per heavy atom. The molecule has 3 aromatic rings. The monoisotopic (exact) mass is 825 g/mol. The number of fused-ring (bicyclic) bond motifs is 1. The number of aromatic amines is 1. The summed E-state index contributed by atoms with van der Waals surface area (Å²) in [5.74, 6) is -1.84. The van der Waals surface area contributed by atoms with Crippen LogP contribution in [-0.2, 0) is 50.4 Å². The van der Waals surface area contributed by atoms with Gasteiger partial charge in [-0.15, -0.1) is 0 Å². The van der Waals surface area contributed by atoms with Crippen molar-refractivity contribution in [1.82, 2.24) is 29.1 Å². The summed E-state index contributed by atoms with van der Waals surface area (Å²) < 4.78 is 86.8. The lowest BCUT2D eigenvalue weighted by atomic mass is 10.1. The largest absolute Gasteiger partial charge is 0.476 e. The van der Waals surface area contributed by atoms with E-state index in [4.69, 9.17) is 43.3 Å². The first-order valence-electron chi connectivity index (χ1n) is 14.3. The number of methoxy groups -OCH3 is 1. The number of imidazole rings is 1. The van der Waals surface area contributed by atoms with Crippen LogP contribution in [0.4, 0.5) is 5.82 Å². The Morgan fingerprint density at radius 1 is 0.885 bits per heavy atom. The highest BCUT2D eigenvalue weighted by Crippen LogP contribution is 2.65. The molecule has 5 heterocycles. The number of phosphoric ester groups is 1. The van der Waals surface area contributed by atoms with E-state index in [1.165, 1.54) is 10.9 Å². The molecule has 2 saturated heterocycles. The molecule has 3 unspecified atom stereocenters. The zero-order valence-electron chi connectivity index (χ0n) is 26.1. The van der Waals surface area contributed by atoms with Crippen LogP contribution in [0.5, 0.6) is 0 Å². The van der Waals surface area contributed by atoms with Crippen LogP contribution in [0.15, 0.2) is 34.5 Å². The lowest BCUT2D eigenvalue weighted by Gasteiger charge is -2.26. The van der Waals surface area contributed by atoms with Crippen LogP contribution in [0, 0.1) is 0 Å². The second-order valence-corrected chi connectivity index (χ2v) is 18.0. The van der Waals surface area contributed by atoms with Gasteiger partial charge in [-0.1, -0.05) is 0 Å². The van der Waals surface area contributed by atoms with Gasteiger partial charge in [-0.2, -0.15) is 0 Å². The van der Waals surface area contributed by atoms with Gasteiger partial charge in [0.25, 0.3) is 5.56 Å². The molecular formula is C21H31N7O20P4. The number of phosphoric acid groups is 2. The van der Waals surface area contributed by atoms with E-state index in [2.05, 4.69) is 19.3 Å². The van der Waals surface area contributed by atoms with Gasteiger partial charge in [-0.3, -0.25) is 37.1 Å². The summed E-state index contributed by atoms with van der Waals surface area (Å²) in [5, 5.41) is 21.0. The Kier molecular flexibility index (Phi) is 11.9. The molecule has 52 heavy (non-hydrogen) atoms. The summed E-state index contributed by atoms with van der Waals surface area (Å²) in [6, 6.07) is 0.940. The molecule has 0 amide bonds. The molecule has 11 atom stereocenters. The maximum absolute atomic E-state index is 13.3. The van der Waals surface area contributed by atoms with Gasteiger partial charge in [0.1, 0.15) is 48.5 Å². The summed E-state index contributed by atoms with van der Waals surface area (Å²) in [4.78, 5) is 85.8. The average Bonchev–Trinajstić information content (AvgIpc) is 3.67. The molecule has 0 saturated carbocycles. The third-order valence-corrected chi connectivity index (χ3v) is 13.6. The second kappa shape index (κ2) is 15.3. The minimum atomic E-state index is -5.59. The molecule has 0 bridgehead atoms. The van der Waals surface area contributed by atoms with Crippen molar-refractivity contribution in [3.8, 4) is 0 Å². The van der Waals surface area contributed by atoms with E-state index in [-0.39, 0.29) is 17.0 Å². The summed E-state index contributed by atoms with van der Waals surface area (Å²) >= 11 is 0. The molecule has 2 fully saturated rings. The number of nitrogens with one attached hydrogen (secondary N) is 1. The highest BCUT2D eigenvalue weighted by molar-refractivity contribution is 7.74. The molecule has 2 aliphatic rings. The number of nitrogen functional groups attached to an aromatic ring is 1. The van der Waals surface area contributed by atoms with E-state index in [0.717, 1.165) is 30.3 Å². The number of nitrogens with two attached hydrogens (primary N) is 1. The van der Waals surface area contributed by atoms with Crippen molar-refractivity contribution in [1.29, 1.82) is 0 Å². The van der Waals surface area contributed by atoms with Crippen LogP contribution in [0.3, 0.4) is 0 Å². The van der Waals surface area contributed by atoms with E-state index >= 15 is 0 Å². The number of anilines is 1. The Morgan fingerprint density at radius 3 is 2.21 bits per heavy atom. The van der Waals surface area contributed by atoms with Gasteiger partial charge in [0, 0.05) is 19.4 Å². The van der Waals surface area contributed by atoms with Gasteiger partial charge < -0.3 is 59.1 Å². The van der Waals surface area contributed by atoms with E-state index in [9.17, 15) is 52.7 Å². The highest BCUT2D eigenvalue weighted by Gasteiger charge is 2.52. The molecular weight excluding hydrogens is 794 g/mol. The maximum atomic E-state index is 13.3. The number of hydrogen-bond donors (Lipinski definition) is 9. The zero-order chi connectivity index (χ0) is 38.4. The van der Waals surface area contributed by atoms with E-state index in [1.54, 1.807) is 0 Å². The van der Waals surface area contributed by atoms with Crippen LogP contribution in [-0.4, -0.2) is 127 Å². The van der Waals surface area contributed by atoms with Crippen LogP contribution < -0.4 is 17.0 Å². The number of hydrogen-bond acceptors (Lipinski definition) is 19. The van der Waals surface area contributed by atoms with Crippen molar-refractivity contribution in [2.75, 3.05) is 32.0 Å². The van der Waals surface area contributed by atoms with Crippen LogP contribution in [0.2, 0.25) is 0 Å². The van der Waals surface area contributed by atoms with Gasteiger partial charge in [-0.25, -0.2) is 33.2 Å². The molecule has 0 radical (unpaired) electrons. The molecule has 2 aliphatic heterocycles. The summed E-state index contributed by atoms with van der Waals surface area (Å²) in [7, 11) is -20.5. The number of rotatable bonds is 15. The molecule has 31 heteroatoms. The van der Waals surface area contributed by atoms with Crippen LogP contribution in [0.25, 0.3) is 11.2 Å². The number of nitrogens with zero attached hydrogens (tertiary/aromatic N) is 5. The maximum Gasteiger partial charge on any atom is 0.476 e. The Labute approximate surface area is 288 Å². The van der Waals surface area contributed by atoms with Crippen molar-refractivity contribution < 1.29 is 85.0 Å². The SMILES string of the molecule is CO[C@@H]1[C@H](OP(=O)(O)OC[C@H]2O[C@@H](n3ccc(=O)[nH]c3=O)[C@H](O)[C@@H]2O)[C@@H](COP(=O)(O)CP(=O)(O)OP(=O)(O)O)O[C@H]1n1cnc2c(N)ncnc21. The topological polar surface area (TPSA) is 399 Å². The molecule has 0 spiro atoms. The number of H-pyrrole nitrogens is 1. The Balaban J connectivity index is 1.36.